The number of rotatable bonds is 0. The van der Waals surface area contributed by atoms with Crippen molar-refractivity contribution < 1.29 is 0 Å². The molecule has 1 aromatic carbocycles. The highest BCUT2D eigenvalue weighted by molar-refractivity contribution is 14.1. The maximum Gasteiger partial charge on any atom is 0.202 e. The van der Waals surface area contributed by atoms with Gasteiger partial charge < -0.3 is 4.98 Å². The standard InChI is InChI=1S/C11H10INO/c1-6-3-4-7(2)10-9(6)11(14)8(12)5-13-10/h3-5H,1-2H3,(H,13,14). The number of hydrogen-bond donors (Lipinski definition) is 1. The van der Waals surface area contributed by atoms with Gasteiger partial charge in [0.1, 0.15) is 0 Å². The topological polar surface area (TPSA) is 32.9 Å². The van der Waals surface area contributed by atoms with Crippen LogP contribution in [0.25, 0.3) is 10.9 Å². The van der Waals surface area contributed by atoms with Gasteiger partial charge in [0.15, 0.2) is 0 Å². The molecule has 2 nitrogen and oxygen atoms in total. The van der Waals surface area contributed by atoms with Gasteiger partial charge in [-0.05, 0) is 47.6 Å². The van der Waals surface area contributed by atoms with Crippen molar-refractivity contribution >= 4 is 33.5 Å². The van der Waals surface area contributed by atoms with E-state index in [4.69, 9.17) is 0 Å². The molecule has 0 spiro atoms. The summed E-state index contributed by atoms with van der Waals surface area (Å²) >= 11 is 2.06. The van der Waals surface area contributed by atoms with Gasteiger partial charge in [0.05, 0.1) is 9.09 Å². The van der Waals surface area contributed by atoms with Gasteiger partial charge in [0, 0.05) is 11.6 Å². The van der Waals surface area contributed by atoms with E-state index in [2.05, 4.69) is 27.6 Å². The molecule has 0 saturated carbocycles. The molecule has 72 valence electrons. The summed E-state index contributed by atoms with van der Waals surface area (Å²) in [5.41, 5.74) is 3.22. The van der Waals surface area contributed by atoms with Crippen LogP contribution in [0.2, 0.25) is 0 Å². The Morgan fingerprint density at radius 1 is 1.21 bits per heavy atom. The Labute approximate surface area is 95.5 Å². The first-order valence-corrected chi connectivity index (χ1v) is 5.46. The van der Waals surface area contributed by atoms with Gasteiger partial charge in [-0.15, -0.1) is 0 Å². The Kier molecular flexibility index (Phi) is 2.34. The largest absolute Gasteiger partial charge is 0.360 e. The highest BCUT2D eigenvalue weighted by atomic mass is 127. The normalized spacial score (nSPS) is 10.8. The van der Waals surface area contributed by atoms with Crippen LogP contribution < -0.4 is 5.43 Å². The van der Waals surface area contributed by atoms with Gasteiger partial charge >= 0.3 is 0 Å². The molecule has 1 heterocycles. The fraction of sp³-hybridized carbons (Fsp3) is 0.182. The quantitative estimate of drug-likeness (QED) is 0.746. The molecule has 0 amide bonds. The predicted molar refractivity (Wildman–Crippen MR) is 66.8 cm³/mol. The van der Waals surface area contributed by atoms with Crippen molar-refractivity contribution in [3.63, 3.8) is 0 Å². The van der Waals surface area contributed by atoms with Crippen molar-refractivity contribution in [2.45, 2.75) is 13.8 Å². The Morgan fingerprint density at radius 3 is 2.57 bits per heavy atom. The van der Waals surface area contributed by atoms with Crippen LogP contribution in [0.5, 0.6) is 0 Å². The van der Waals surface area contributed by atoms with Crippen molar-refractivity contribution in [1.82, 2.24) is 4.98 Å². The first kappa shape index (κ1) is 9.71. The smallest absolute Gasteiger partial charge is 0.202 e. The van der Waals surface area contributed by atoms with Crippen LogP contribution in [0.15, 0.2) is 23.1 Å². The fourth-order valence-electron chi connectivity index (χ4n) is 1.61. The van der Waals surface area contributed by atoms with E-state index in [0.717, 1.165) is 25.6 Å². The third-order valence-electron chi connectivity index (χ3n) is 2.41. The lowest BCUT2D eigenvalue weighted by molar-refractivity contribution is 1.31. The predicted octanol–water partition coefficient (Wildman–Crippen LogP) is 2.75. The Morgan fingerprint density at radius 2 is 1.86 bits per heavy atom. The molecular formula is C11H10INO. The second-order valence-corrected chi connectivity index (χ2v) is 4.58. The van der Waals surface area contributed by atoms with Crippen LogP contribution in [0.1, 0.15) is 11.1 Å². The monoisotopic (exact) mass is 299 g/mol. The number of benzene rings is 1. The van der Waals surface area contributed by atoms with Crippen LogP contribution in [0, 0.1) is 17.4 Å². The highest BCUT2D eigenvalue weighted by Gasteiger charge is 2.06. The van der Waals surface area contributed by atoms with Crippen molar-refractivity contribution in [3.8, 4) is 0 Å². The summed E-state index contributed by atoms with van der Waals surface area (Å²) in [4.78, 5) is 15.0. The molecule has 0 aliphatic carbocycles. The molecule has 0 bridgehead atoms. The Balaban J connectivity index is 3.09. The number of pyridine rings is 1. The molecule has 1 N–H and O–H groups in total. The minimum absolute atomic E-state index is 0.126. The molecule has 0 fully saturated rings. The molecular weight excluding hydrogens is 289 g/mol. The van der Waals surface area contributed by atoms with Gasteiger partial charge in [-0.1, -0.05) is 12.1 Å². The van der Waals surface area contributed by atoms with Crippen molar-refractivity contribution in [2.24, 2.45) is 0 Å². The third kappa shape index (κ3) is 1.35. The molecule has 2 rings (SSSR count). The second kappa shape index (κ2) is 3.38. The number of H-pyrrole nitrogens is 1. The summed E-state index contributed by atoms with van der Waals surface area (Å²) in [6.07, 6.45) is 1.76. The molecule has 0 saturated heterocycles. The van der Waals surface area contributed by atoms with Gasteiger partial charge in [-0.25, -0.2) is 0 Å². The number of hydrogen-bond acceptors (Lipinski definition) is 1. The molecule has 0 unspecified atom stereocenters. The highest BCUT2D eigenvalue weighted by Crippen LogP contribution is 2.17. The number of aromatic amines is 1. The summed E-state index contributed by atoms with van der Waals surface area (Å²) in [7, 11) is 0. The molecule has 0 aliphatic heterocycles. The number of aryl methyl sites for hydroxylation is 2. The van der Waals surface area contributed by atoms with Crippen molar-refractivity contribution in [2.75, 3.05) is 0 Å². The van der Waals surface area contributed by atoms with Crippen LogP contribution in [-0.4, -0.2) is 4.98 Å². The van der Waals surface area contributed by atoms with E-state index in [-0.39, 0.29) is 5.43 Å². The zero-order valence-corrected chi connectivity index (χ0v) is 10.2. The molecule has 3 heteroatoms. The summed E-state index contributed by atoms with van der Waals surface area (Å²) in [5, 5.41) is 0.817. The minimum Gasteiger partial charge on any atom is -0.360 e. The van der Waals surface area contributed by atoms with Crippen LogP contribution in [0.4, 0.5) is 0 Å². The van der Waals surface area contributed by atoms with E-state index in [0.29, 0.717) is 0 Å². The van der Waals surface area contributed by atoms with Crippen molar-refractivity contribution in [3.05, 3.63) is 43.2 Å². The molecule has 0 aliphatic rings. The summed E-state index contributed by atoms with van der Waals surface area (Å²) in [6.45, 7) is 3.97. The molecule has 0 radical (unpaired) electrons. The second-order valence-electron chi connectivity index (χ2n) is 3.42. The van der Waals surface area contributed by atoms with Crippen LogP contribution >= 0.6 is 22.6 Å². The lowest BCUT2D eigenvalue weighted by Gasteiger charge is -2.04. The van der Waals surface area contributed by atoms with Gasteiger partial charge in [0.2, 0.25) is 5.43 Å². The number of nitrogens with one attached hydrogen (secondary N) is 1. The van der Waals surface area contributed by atoms with Gasteiger partial charge in [-0.2, -0.15) is 0 Å². The molecule has 0 atom stereocenters. The first-order chi connectivity index (χ1) is 6.61. The maximum absolute atomic E-state index is 11.9. The summed E-state index contributed by atoms with van der Waals surface area (Å²) in [6, 6.07) is 4.02. The van der Waals surface area contributed by atoms with E-state index in [1.165, 1.54) is 0 Å². The third-order valence-corrected chi connectivity index (χ3v) is 3.21. The van der Waals surface area contributed by atoms with Crippen LogP contribution in [-0.2, 0) is 0 Å². The zero-order valence-electron chi connectivity index (χ0n) is 8.02. The number of halogens is 1. The lowest BCUT2D eigenvalue weighted by atomic mass is 10.1. The van der Waals surface area contributed by atoms with E-state index in [9.17, 15) is 4.79 Å². The maximum atomic E-state index is 11.9. The Hall–Kier alpha value is -0.840. The van der Waals surface area contributed by atoms with E-state index in [1.54, 1.807) is 6.20 Å². The van der Waals surface area contributed by atoms with E-state index < -0.39 is 0 Å². The van der Waals surface area contributed by atoms with E-state index in [1.807, 2.05) is 26.0 Å². The van der Waals surface area contributed by atoms with Gasteiger partial charge in [-0.3, -0.25) is 4.79 Å². The summed E-state index contributed by atoms with van der Waals surface area (Å²) in [5.74, 6) is 0. The minimum atomic E-state index is 0.126. The fourth-order valence-corrected chi connectivity index (χ4v) is 2.04. The summed E-state index contributed by atoms with van der Waals surface area (Å²) < 4.78 is 0.740. The van der Waals surface area contributed by atoms with Gasteiger partial charge in [0.25, 0.3) is 0 Å². The average Bonchev–Trinajstić information content (AvgIpc) is 2.16. The lowest BCUT2D eigenvalue weighted by Crippen LogP contribution is -2.08. The van der Waals surface area contributed by atoms with Crippen molar-refractivity contribution in [1.29, 1.82) is 0 Å². The molecule has 2 aromatic rings. The zero-order chi connectivity index (χ0) is 10.3. The van der Waals surface area contributed by atoms with Crippen LogP contribution in [0.3, 0.4) is 0 Å². The first-order valence-electron chi connectivity index (χ1n) is 4.38. The van der Waals surface area contributed by atoms with E-state index >= 15 is 0 Å². The number of fused-ring (bicyclic) bond motifs is 1. The Bertz CT molecular complexity index is 557. The SMILES string of the molecule is Cc1ccc(C)c2c(=O)c(I)c[nH]c12. The molecule has 14 heavy (non-hydrogen) atoms. The molecule has 1 aromatic heterocycles. The average molecular weight is 299 g/mol. The number of aromatic nitrogens is 1.